The van der Waals surface area contributed by atoms with Crippen molar-refractivity contribution in [2.75, 3.05) is 20.8 Å². The van der Waals surface area contributed by atoms with Crippen molar-refractivity contribution in [1.82, 2.24) is 20.2 Å². The quantitative estimate of drug-likeness (QED) is 0.217. The molecular weight excluding hydrogens is 511 g/mol. The van der Waals surface area contributed by atoms with E-state index in [1.165, 1.54) is 29.3 Å². The Labute approximate surface area is 231 Å². The minimum absolute atomic E-state index is 0.188. The van der Waals surface area contributed by atoms with E-state index in [0.29, 0.717) is 25.5 Å². The largest absolute Gasteiger partial charge is 0.497 e. The van der Waals surface area contributed by atoms with Crippen molar-refractivity contribution in [1.29, 1.82) is 0 Å². The number of nitrogens with one attached hydrogen (secondary N) is 2. The number of methoxy groups -OCH3 is 2. The molecule has 0 aliphatic carbocycles. The summed E-state index contributed by atoms with van der Waals surface area (Å²) in [5.41, 5.74) is 4.25. The second-order valence-corrected chi connectivity index (χ2v) is 9.43. The number of carbonyl (C=O) groups excluding carboxylic acids is 1. The summed E-state index contributed by atoms with van der Waals surface area (Å²) in [4.78, 5) is 22.7. The molecule has 0 spiro atoms. The predicted octanol–water partition coefficient (Wildman–Crippen LogP) is 5.49. The number of aromatic amines is 1. The van der Waals surface area contributed by atoms with E-state index in [-0.39, 0.29) is 24.0 Å². The summed E-state index contributed by atoms with van der Waals surface area (Å²) < 4.78 is 29.9. The molecule has 2 N–H and O–H groups in total. The minimum Gasteiger partial charge on any atom is -0.497 e. The fraction of sp³-hybridized carbons (Fsp3) is 0.226. The first-order chi connectivity index (χ1) is 19.5. The molecule has 8 nitrogen and oxygen atoms in total. The number of rotatable bonds is 12. The highest BCUT2D eigenvalue weighted by Crippen LogP contribution is 2.26. The molecule has 3 aromatic carbocycles. The molecular formula is C31H31FN4O4. The van der Waals surface area contributed by atoms with Crippen molar-refractivity contribution in [3.05, 3.63) is 113 Å². The molecule has 0 bridgehead atoms. The number of carbonyl (C=O) groups is 1. The summed E-state index contributed by atoms with van der Waals surface area (Å²) in [6.07, 6.45) is 4.20. The SMILES string of the molecule is COc1ccc(OC)c(CN(CCc2c[nH]c3ccccc23)Cc2nc(C(=O)NCc3ccc(F)cc3)co2)c1. The van der Waals surface area contributed by atoms with Crippen molar-refractivity contribution in [2.45, 2.75) is 26.1 Å². The number of H-pyrrole nitrogens is 1. The lowest BCUT2D eigenvalue weighted by Gasteiger charge is -2.22. The van der Waals surface area contributed by atoms with E-state index < -0.39 is 0 Å². The topological polar surface area (TPSA) is 92.6 Å². The zero-order chi connectivity index (χ0) is 27.9. The summed E-state index contributed by atoms with van der Waals surface area (Å²) >= 11 is 0. The second-order valence-electron chi connectivity index (χ2n) is 9.43. The van der Waals surface area contributed by atoms with Gasteiger partial charge < -0.3 is 24.2 Å². The van der Waals surface area contributed by atoms with Gasteiger partial charge in [0.05, 0.1) is 20.8 Å². The van der Waals surface area contributed by atoms with E-state index in [1.807, 2.05) is 36.5 Å². The molecule has 0 aliphatic rings. The van der Waals surface area contributed by atoms with E-state index in [9.17, 15) is 9.18 Å². The van der Waals surface area contributed by atoms with Gasteiger partial charge in [0.2, 0.25) is 5.89 Å². The van der Waals surface area contributed by atoms with Crippen LogP contribution < -0.4 is 14.8 Å². The standard InChI is InChI=1S/C31H31FN4O4/c1-38-25-11-12-29(39-2)23(15-25)18-36(14-13-22-17-33-27-6-4-3-5-26(22)27)19-30-35-28(20-40-30)31(37)34-16-21-7-9-24(32)10-8-21/h3-12,15,17,20,33H,13-14,16,18-19H2,1-2H3,(H,34,37). The lowest BCUT2D eigenvalue weighted by Crippen LogP contribution is -2.26. The Morgan fingerprint density at radius 1 is 1.02 bits per heavy atom. The van der Waals surface area contributed by atoms with Gasteiger partial charge >= 0.3 is 0 Å². The molecule has 2 heterocycles. The number of benzene rings is 3. The van der Waals surface area contributed by atoms with Crippen molar-refractivity contribution in [3.8, 4) is 11.5 Å². The lowest BCUT2D eigenvalue weighted by atomic mass is 10.1. The third-order valence-electron chi connectivity index (χ3n) is 6.76. The van der Waals surface area contributed by atoms with Crippen molar-refractivity contribution in [3.63, 3.8) is 0 Å². The first kappa shape index (κ1) is 27.0. The molecule has 0 fully saturated rings. The fourth-order valence-corrected chi connectivity index (χ4v) is 4.63. The first-order valence-electron chi connectivity index (χ1n) is 13.0. The summed E-state index contributed by atoms with van der Waals surface area (Å²) in [5.74, 6) is 1.23. The zero-order valence-electron chi connectivity index (χ0n) is 22.4. The van der Waals surface area contributed by atoms with Crippen LogP contribution in [0.3, 0.4) is 0 Å². The van der Waals surface area contributed by atoms with E-state index in [1.54, 1.807) is 26.4 Å². The minimum atomic E-state index is -0.362. The number of fused-ring (bicyclic) bond motifs is 1. The van der Waals surface area contributed by atoms with Crippen LogP contribution in [0.2, 0.25) is 0 Å². The van der Waals surface area contributed by atoms with Gasteiger partial charge in [-0.2, -0.15) is 0 Å². The zero-order valence-corrected chi connectivity index (χ0v) is 22.4. The van der Waals surface area contributed by atoms with E-state index in [4.69, 9.17) is 13.9 Å². The van der Waals surface area contributed by atoms with Crippen LogP contribution in [0.4, 0.5) is 4.39 Å². The van der Waals surface area contributed by atoms with Gasteiger partial charge in [-0.25, -0.2) is 9.37 Å². The third kappa shape index (κ3) is 6.50. The highest BCUT2D eigenvalue weighted by atomic mass is 19.1. The van der Waals surface area contributed by atoms with Crippen LogP contribution in [-0.4, -0.2) is 41.5 Å². The number of halogens is 1. The maximum Gasteiger partial charge on any atom is 0.273 e. The molecule has 5 rings (SSSR count). The third-order valence-corrected chi connectivity index (χ3v) is 6.76. The van der Waals surface area contributed by atoms with Gasteiger partial charge in [-0.05, 0) is 53.9 Å². The summed E-state index contributed by atoms with van der Waals surface area (Å²) in [7, 11) is 3.28. The number of oxazole rings is 1. The van der Waals surface area contributed by atoms with Crippen LogP contribution in [0.1, 0.15) is 33.1 Å². The van der Waals surface area contributed by atoms with Crippen LogP contribution >= 0.6 is 0 Å². The molecule has 9 heteroatoms. The number of para-hydroxylation sites is 1. The van der Waals surface area contributed by atoms with Crippen LogP contribution in [0.15, 0.2) is 83.6 Å². The molecule has 0 saturated carbocycles. The van der Waals surface area contributed by atoms with Crippen LogP contribution in [0.5, 0.6) is 11.5 Å². The second kappa shape index (κ2) is 12.5. The molecule has 0 saturated heterocycles. The molecule has 1 amide bonds. The molecule has 0 aliphatic heterocycles. The fourth-order valence-electron chi connectivity index (χ4n) is 4.63. The molecule has 0 unspecified atom stereocenters. The first-order valence-corrected chi connectivity index (χ1v) is 13.0. The van der Waals surface area contributed by atoms with Gasteiger partial charge in [-0.15, -0.1) is 0 Å². The highest BCUT2D eigenvalue weighted by Gasteiger charge is 2.18. The Hall–Kier alpha value is -4.63. The van der Waals surface area contributed by atoms with Gasteiger partial charge in [0.25, 0.3) is 5.91 Å². The van der Waals surface area contributed by atoms with Crippen LogP contribution in [0, 0.1) is 5.82 Å². The Morgan fingerprint density at radius 2 is 1.85 bits per heavy atom. The highest BCUT2D eigenvalue weighted by molar-refractivity contribution is 5.91. The summed E-state index contributed by atoms with van der Waals surface area (Å²) in [5, 5.41) is 3.99. The smallest absolute Gasteiger partial charge is 0.273 e. The van der Waals surface area contributed by atoms with Gasteiger partial charge in [-0.1, -0.05) is 30.3 Å². The number of ether oxygens (including phenoxy) is 2. The maximum absolute atomic E-state index is 13.2. The Kier molecular flexibility index (Phi) is 8.41. The normalized spacial score (nSPS) is 11.2. The van der Waals surface area contributed by atoms with Crippen molar-refractivity contribution >= 4 is 16.8 Å². The van der Waals surface area contributed by atoms with E-state index >= 15 is 0 Å². The van der Waals surface area contributed by atoms with Crippen molar-refractivity contribution in [2.24, 2.45) is 0 Å². The van der Waals surface area contributed by atoms with E-state index in [2.05, 4.69) is 32.3 Å². The number of aromatic nitrogens is 2. The average Bonchev–Trinajstić information content (AvgIpc) is 3.62. The van der Waals surface area contributed by atoms with Crippen LogP contribution in [-0.2, 0) is 26.1 Å². The molecule has 206 valence electrons. The summed E-state index contributed by atoms with van der Waals surface area (Å²) in [6.45, 7) is 1.90. The molecule has 2 aromatic heterocycles. The van der Waals surface area contributed by atoms with E-state index in [0.717, 1.165) is 34.6 Å². The Morgan fingerprint density at radius 3 is 2.65 bits per heavy atom. The number of hydrogen-bond donors (Lipinski definition) is 2. The Bertz CT molecular complexity index is 1580. The molecule has 5 aromatic rings. The van der Waals surface area contributed by atoms with Gasteiger partial charge in [0.1, 0.15) is 23.6 Å². The van der Waals surface area contributed by atoms with Gasteiger partial charge in [-0.3, -0.25) is 9.69 Å². The molecule has 0 atom stereocenters. The van der Waals surface area contributed by atoms with Gasteiger partial charge in [0.15, 0.2) is 5.69 Å². The number of nitrogens with zero attached hydrogens (tertiary/aromatic N) is 2. The maximum atomic E-state index is 13.2. The molecule has 40 heavy (non-hydrogen) atoms. The van der Waals surface area contributed by atoms with Gasteiger partial charge in [0, 0.05) is 42.3 Å². The van der Waals surface area contributed by atoms with Crippen molar-refractivity contribution < 1.29 is 23.1 Å². The number of hydrogen-bond acceptors (Lipinski definition) is 6. The number of amides is 1. The lowest BCUT2D eigenvalue weighted by molar-refractivity contribution is 0.0945. The monoisotopic (exact) mass is 542 g/mol. The Balaban J connectivity index is 1.31. The summed E-state index contributed by atoms with van der Waals surface area (Å²) in [6, 6.07) is 19.9. The molecule has 0 radical (unpaired) electrons. The van der Waals surface area contributed by atoms with Crippen LogP contribution in [0.25, 0.3) is 10.9 Å². The predicted molar refractivity (Wildman–Crippen MR) is 150 cm³/mol. The average molecular weight is 543 g/mol.